The number of rotatable bonds is 5. The molecule has 0 unspecified atom stereocenters. The van der Waals surface area contributed by atoms with Crippen LogP contribution < -0.4 is 10.1 Å². The van der Waals surface area contributed by atoms with Crippen molar-refractivity contribution in [3.63, 3.8) is 0 Å². The molecule has 0 heterocycles. The second-order valence-electron chi connectivity index (χ2n) is 5.56. The Labute approximate surface area is 105 Å². The molecule has 1 N–H and O–H groups in total. The summed E-state index contributed by atoms with van der Waals surface area (Å²) in [5.41, 5.74) is 2.71. The van der Waals surface area contributed by atoms with Crippen molar-refractivity contribution >= 4 is 0 Å². The molecule has 0 aliphatic rings. The summed E-state index contributed by atoms with van der Waals surface area (Å²) in [4.78, 5) is 0. The molecule has 0 amide bonds. The van der Waals surface area contributed by atoms with Crippen LogP contribution >= 0.6 is 0 Å². The van der Waals surface area contributed by atoms with Crippen molar-refractivity contribution < 1.29 is 4.74 Å². The topological polar surface area (TPSA) is 21.3 Å². The molecule has 0 fully saturated rings. The molecule has 2 heteroatoms. The van der Waals surface area contributed by atoms with Gasteiger partial charge in [0.05, 0.1) is 6.61 Å². The van der Waals surface area contributed by atoms with Crippen LogP contribution in [0, 0.1) is 6.92 Å². The van der Waals surface area contributed by atoms with Crippen LogP contribution in [0.2, 0.25) is 0 Å². The molecule has 1 aromatic rings. The van der Waals surface area contributed by atoms with E-state index in [-0.39, 0.29) is 5.41 Å². The minimum Gasteiger partial charge on any atom is -0.493 e. The summed E-state index contributed by atoms with van der Waals surface area (Å²) < 4.78 is 5.88. The van der Waals surface area contributed by atoms with E-state index in [1.54, 1.807) is 0 Å². The van der Waals surface area contributed by atoms with E-state index in [1.165, 1.54) is 11.1 Å². The monoisotopic (exact) mass is 235 g/mol. The first-order valence-electron chi connectivity index (χ1n) is 6.33. The van der Waals surface area contributed by atoms with Gasteiger partial charge in [-0.2, -0.15) is 0 Å². The average Bonchev–Trinajstić information content (AvgIpc) is 2.25. The third kappa shape index (κ3) is 4.39. The van der Waals surface area contributed by atoms with Crippen molar-refractivity contribution in [3.05, 3.63) is 29.3 Å². The predicted molar refractivity (Wildman–Crippen MR) is 73.9 cm³/mol. The highest BCUT2D eigenvalue weighted by Gasteiger charge is 2.18. The van der Waals surface area contributed by atoms with Crippen LogP contribution in [-0.4, -0.2) is 20.2 Å². The third-order valence-electron chi connectivity index (χ3n) is 2.77. The van der Waals surface area contributed by atoms with Crippen LogP contribution in [0.5, 0.6) is 5.75 Å². The highest BCUT2D eigenvalue weighted by atomic mass is 16.5. The van der Waals surface area contributed by atoms with Crippen molar-refractivity contribution in [1.82, 2.24) is 5.32 Å². The van der Waals surface area contributed by atoms with E-state index in [0.717, 1.165) is 25.3 Å². The minimum absolute atomic E-state index is 0.129. The summed E-state index contributed by atoms with van der Waals surface area (Å²) in [6, 6.07) is 6.44. The summed E-state index contributed by atoms with van der Waals surface area (Å²) in [6.07, 6.45) is 1.04. The lowest BCUT2D eigenvalue weighted by Gasteiger charge is -2.23. The Morgan fingerprint density at radius 1 is 1.24 bits per heavy atom. The fourth-order valence-corrected chi connectivity index (χ4v) is 1.79. The van der Waals surface area contributed by atoms with E-state index in [1.807, 2.05) is 7.05 Å². The Kier molecular flexibility index (Phi) is 5.01. The predicted octanol–water partition coefficient (Wildman–Crippen LogP) is 3.28. The molecule has 1 aromatic carbocycles. The van der Waals surface area contributed by atoms with Gasteiger partial charge >= 0.3 is 0 Å². The summed E-state index contributed by atoms with van der Waals surface area (Å²) >= 11 is 0. The van der Waals surface area contributed by atoms with Crippen molar-refractivity contribution in [1.29, 1.82) is 0 Å². The van der Waals surface area contributed by atoms with Gasteiger partial charge in [0.25, 0.3) is 0 Å². The number of ether oxygens (including phenoxy) is 1. The maximum absolute atomic E-state index is 5.88. The third-order valence-corrected chi connectivity index (χ3v) is 2.77. The molecule has 1 rings (SSSR count). The smallest absolute Gasteiger partial charge is 0.123 e. The zero-order chi connectivity index (χ0) is 12.9. The van der Waals surface area contributed by atoms with Crippen molar-refractivity contribution in [2.24, 2.45) is 0 Å². The Balaban J connectivity index is 2.77. The molecule has 0 aromatic heterocycles. The normalized spacial score (nSPS) is 11.6. The molecular formula is C15H25NO. The average molecular weight is 235 g/mol. The Bertz CT molecular complexity index is 352. The summed E-state index contributed by atoms with van der Waals surface area (Å²) in [5.74, 6) is 1.03. The molecule has 96 valence electrons. The molecule has 0 aliphatic carbocycles. The zero-order valence-corrected chi connectivity index (χ0v) is 11.8. The summed E-state index contributed by atoms with van der Waals surface area (Å²) in [5, 5.41) is 3.13. The first-order chi connectivity index (χ1) is 7.95. The van der Waals surface area contributed by atoms with Crippen molar-refractivity contribution in [2.45, 2.75) is 39.5 Å². The maximum atomic E-state index is 5.88. The van der Waals surface area contributed by atoms with Gasteiger partial charge in [-0.1, -0.05) is 38.5 Å². The molecular weight excluding hydrogens is 210 g/mol. The molecule has 0 spiro atoms. The molecule has 0 atom stereocenters. The van der Waals surface area contributed by atoms with E-state index in [9.17, 15) is 0 Å². The summed E-state index contributed by atoms with van der Waals surface area (Å²) in [6.45, 7) is 10.6. The van der Waals surface area contributed by atoms with Gasteiger partial charge in [-0.25, -0.2) is 0 Å². The Morgan fingerprint density at radius 2 is 1.94 bits per heavy atom. The number of aryl methyl sites for hydroxylation is 1. The molecule has 0 saturated carbocycles. The van der Waals surface area contributed by atoms with E-state index in [0.29, 0.717) is 0 Å². The van der Waals surface area contributed by atoms with Gasteiger partial charge in [0.1, 0.15) is 5.75 Å². The second-order valence-corrected chi connectivity index (χ2v) is 5.56. The van der Waals surface area contributed by atoms with Gasteiger partial charge in [0.15, 0.2) is 0 Å². The number of hydrogen-bond acceptors (Lipinski definition) is 2. The number of benzene rings is 1. The highest BCUT2D eigenvalue weighted by Crippen LogP contribution is 2.32. The molecule has 0 aliphatic heterocycles. The van der Waals surface area contributed by atoms with Gasteiger partial charge in [-0.05, 0) is 44.0 Å². The molecule has 0 bridgehead atoms. The standard InChI is InChI=1S/C15H25NO/c1-12-7-8-14(17-10-6-9-16-5)13(11-12)15(2,3)4/h7-8,11,16H,6,9-10H2,1-5H3. The second kappa shape index (κ2) is 6.06. The van der Waals surface area contributed by atoms with Gasteiger partial charge in [0, 0.05) is 0 Å². The number of nitrogens with one attached hydrogen (secondary N) is 1. The van der Waals surface area contributed by atoms with Gasteiger partial charge in [0.2, 0.25) is 0 Å². The fraction of sp³-hybridized carbons (Fsp3) is 0.600. The van der Waals surface area contributed by atoms with Crippen molar-refractivity contribution in [2.75, 3.05) is 20.2 Å². The quantitative estimate of drug-likeness (QED) is 0.791. The van der Waals surface area contributed by atoms with Gasteiger partial charge in [-0.15, -0.1) is 0 Å². The lowest BCUT2D eigenvalue weighted by molar-refractivity contribution is 0.301. The van der Waals surface area contributed by atoms with E-state index in [4.69, 9.17) is 4.74 Å². The molecule has 17 heavy (non-hydrogen) atoms. The lowest BCUT2D eigenvalue weighted by Crippen LogP contribution is -2.16. The van der Waals surface area contributed by atoms with Crippen LogP contribution in [0.3, 0.4) is 0 Å². The molecule has 0 saturated heterocycles. The number of hydrogen-bond donors (Lipinski definition) is 1. The Morgan fingerprint density at radius 3 is 2.53 bits per heavy atom. The maximum Gasteiger partial charge on any atom is 0.123 e. The van der Waals surface area contributed by atoms with Crippen LogP contribution in [0.25, 0.3) is 0 Å². The van der Waals surface area contributed by atoms with Crippen LogP contribution in [0.1, 0.15) is 38.3 Å². The fourth-order valence-electron chi connectivity index (χ4n) is 1.79. The SMILES string of the molecule is CNCCCOc1ccc(C)cc1C(C)(C)C. The molecule has 0 radical (unpaired) electrons. The zero-order valence-electron chi connectivity index (χ0n) is 11.8. The minimum atomic E-state index is 0.129. The lowest BCUT2D eigenvalue weighted by atomic mass is 9.85. The van der Waals surface area contributed by atoms with E-state index >= 15 is 0 Å². The van der Waals surface area contributed by atoms with E-state index < -0.39 is 0 Å². The molecule has 2 nitrogen and oxygen atoms in total. The van der Waals surface area contributed by atoms with Crippen LogP contribution in [0.4, 0.5) is 0 Å². The first kappa shape index (κ1) is 14.0. The summed E-state index contributed by atoms with van der Waals surface area (Å²) in [7, 11) is 1.96. The van der Waals surface area contributed by atoms with Crippen molar-refractivity contribution in [3.8, 4) is 5.75 Å². The van der Waals surface area contributed by atoms with Crippen LogP contribution in [0.15, 0.2) is 18.2 Å². The highest BCUT2D eigenvalue weighted by molar-refractivity contribution is 5.41. The first-order valence-corrected chi connectivity index (χ1v) is 6.33. The van der Waals surface area contributed by atoms with Gasteiger partial charge in [-0.3, -0.25) is 0 Å². The van der Waals surface area contributed by atoms with Gasteiger partial charge < -0.3 is 10.1 Å². The van der Waals surface area contributed by atoms with E-state index in [2.05, 4.69) is 51.2 Å². The largest absolute Gasteiger partial charge is 0.493 e. The Hall–Kier alpha value is -1.02. The van der Waals surface area contributed by atoms with Crippen LogP contribution in [-0.2, 0) is 5.41 Å².